The fourth-order valence-corrected chi connectivity index (χ4v) is 0.956. The van der Waals surface area contributed by atoms with Crippen LogP contribution in [0.1, 0.15) is 33.3 Å². The number of hydrogen-bond donors (Lipinski definition) is 1. The Balaban J connectivity index is 0.000000791. The molecule has 1 nitrogen and oxygen atoms in total. The predicted octanol–water partition coefficient (Wildman–Crippen LogP) is 3.35. The highest BCUT2D eigenvalue weighted by atomic mass is 19.1. The average molecular weight is 197 g/mol. The molecule has 2 heteroatoms. The number of nitrogens with one attached hydrogen (secondary N) is 1. The summed E-state index contributed by atoms with van der Waals surface area (Å²) in [6, 6.07) is 7.22. The largest absolute Gasteiger partial charge is 0.310 e. The summed E-state index contributed by atoms with van der Waals surface area (Å²) >= 11 is 0. The second kappa shape index (κ2) is 7.51. The molecule has 1 N–H and O–H groups in total. The van der Waals surface area contributed by atoms with Crippen molar-refractivity contribution in [1.82, 2.24) is 5.32 Å². The topological polar surface area (TPSA) is 12.0 Å². The van der Waals surface area contributed by atoms with Crippen LogP contribution in [0.25, 0.3) is 0 Å². The van der Waals surface area contributed by atoms with Gasteiger partial charge in [-0.2, -0.15) is 0 Å². The van der Waals surface area contributed by atoms with E-state index in [-0.39, 0.29) is 5.82 Å². The van der Waals surface area contributed by atoms with Crippen LogP contribution in [0.3, 0.4) is 0 Å². The van der Waals surface area contributed by atoms with Crippen LogP contribution in [0.5, 0.6) is 0 Å². The second-order valence-electron chi connectivity index (χ2n) is 3.13. The van der Waals surface area contributed by atoms with E-state index in [4.69, 9.17) is 0 Å². The van der Waals surface area contributed by atoms with Crippen LogP contribution in [0, 0.1) is 5.82 Å². The lowest BCUT2D eigenvalue weighted by atomic mass is 10.2. The average Bonchev–Trinajstić information content (AvgIpc) is 2.19. The van der Waals surface area contributed by atoms with Gasteiger partial charge in [0.1, 0.15) is 5.82 Å². The monoisotopic (exact) mass is 197 g/mol. The molecule has 0 heterocycles. The van der Waals surface area contributed by atoms with Crippen molar-refractivity contribution in [3.63, 3.8) is 0 Å². The second-order valence-corrected chi connectivity index (χ2v) is 3.13. The van der Waals surface area contributed by atoms with Crippen molar-refractivity contribution >= 4 is 0 Å². The van der Waals surface area contributed by atoms with Crippen molar-refractivity contribution in [3.8, 4) is 0 Å². The lowest BCUT2D eigenvalue weighted by Crippen LogP contribution is -2.22. The summed E-state index contributed by atoms with van der Waals surface area (Å²) < 4.78 is 13.0. The maximum absolute atomic E-state index is 13.0. The van der Waals surface area contributed by atoms with Gasteiger partial charge in [-0.05, 0) is 6.07 Å². The van der Waals surface area contributed by atoms with Gasteiger partial charge in [0.2, 0.25) is 0 Å². The quantitative estimate of drug-likeness (QED) is 0.783. The molecule has 0 aliphatic rings. The smallest absolute Gasteiger partial charge is 0.127 e. The molecule has 1 aromatic carbocycles. The van der Waals surface area contributed by atoms with Crippen molar-refractivity contribution < 1.29 is 4.39 Å². The normalized spacial score (nSPS) is 9.57. The molecule has 0 atom stereocenters. The molecule has 0 saturated carbocycles. The fourth-order valence-electron chi connectivity index (χ4n) is 0.956. The molecule has 0 fully saturated rings. The van der Waals surface area contributed by atoms with Crippen LogP contribution >= 0.6 is 0 Å². The van der Waals surface area contributed by atoms with E-state index in [2.05, 4.69) is 5.32 Å². The van der Waals surface area contributed by atoms with Crippen LogP contribution in [0.2, 0.25) is 0 Å². The Bertz CT molecular complexity index is 246. The van der Waals surface area contributed by atoms with E-state index in [1.807, 2.05) is 33.8 Å². The molecule has 80 valence electrons. The first kappa shape index (κ1) is 13.1. The van der Waals surface area contributed by atoms with Crippen molar-refractivity contribution in [2.24, 2.45) is 0 Å². The predicted molar refractivity (Wildman–Crippen MR) is 59.7 cm³/mol. The molecule has 0 radical (unpaired) electrons. The van der Waals surface area contributed by atoms with Gasteiger partial charge >= 0.3 is 0 Å². The summed E-state index contributed by atoms with van der Waals surface area (Å²) in [7, 11) is 0. The van der Waals surface area contributed by atoms with Crippen molar-refractivity contribution in [1.29, 1.82) is 0 Å². The number of halogens is 1. The molecule has 1 aromatic rings. The van der Waals surface area contributed by atoms with Gasteiger partial charge in [0.05, 0.1) is 0 Å². The summed E-state index contributed by atoms with van der Waals surface area (Å²) in [6.45, 7) is 8.69. The molecule has 0 saturated heterocycles. The number of hydrogen-bond acceptors (Lipinski definition) is 1. The van der Waals surface area contributed by atoms with Crippen LogP contribution in [-0.4, -0.2) is 6.04 Å². The fraction of sp³-hybridized carbons (Fsp3) is 0.500. The molecule has 0 amide bonds. The van der Waals surface area contributed by atoms with Crippen molar-refractivity contribution in [3.05, 3.63) is 35.6 Å². The van der Waals surface area contributed by atoms with Gasteiger partial charge in [-0.25, -0.2) is 4.39 Å². The third kappa shape index (κ3) is 4.97. The van der Waals surface area contributed by atoms with Crippen molar-refractivity contribution in [2.75, 3.05) is 0 Å². The maximum Gasteiger partial charge on any atom is 0.127 e. The Morgan fingerprint density at radius 1 is 1.21 bits per heavy atom. The first-order valence-corrected chi connectivity index (χ1v) is 5.17. The third-order valence-electron chi connectivity index (χ3n) is 1.66. The molecule has 0 unspecified atom stereocenters. The molecule has 0 aliphatic carbocycles. The Morgan fingerprint density at radius 2 is 1.79 bits per heavy atom. The highest BCUT2D eigenvalue weighted by Gasteiger charge is 1.99. The Hall–Kier alpha value is -0.890. The molecule has 0 bridgehead atoms. The summed E-state index contributed by atoms with van der Waals surface area (Å²) in [6.07, 6.45) is 0. The first-order valence-electron chi connectivity index (χ1n) is 5.17. The summed E-state index contributed by atoms with van der Waals surface area (Å²) in [4.78, 5) is 0. The van der Waals surface area contributed by atoms with Crippen LogP contribution in [0.4, 0.5) is 4.39 Å². The summed E-state index contributed by atoms with van der Waals surface area (Å²) in [5, 5.41) is 3.16. The van der Waals surface area contributed by atoms with Gasteiger partial charge in [0, 0.05) is 18.2 Å². The highest BCUT2D eigenvalue weighted by Crippen LogP contribution is 2.05. The van der Waals surface area contributed by atoms with E-state index in [1.165, 1.54) is 6.07 Å². The lowest BCUT2D eigenvalue weighted by Gasteiger charge is -2.08. The summed E-state index contributed by atoms with van der Waals surface area (Å²) in [5.41, 5.74) is 0.728. The minimum absolute atomic E-state index is 0.134. The van der Waals surface area contributed by atoms with E-state index in [1.54, 1.807) is 12.1 Å². The van der Waals surface area contributed by atoms with Gasteiger partial charge in [-0.15, -0.1) is 0 Å². The van der Waals surface area contributed by atoms with Gasteiger partial charge in [-0.1, -0.05) is 45.9 Å². The van der Waals surface area contributed by atoms with E-state index >= 15 is 0 Å². The summed E-state index contributed by atoms with van der Waals surface area (Å²) in [5.74, 6) is -0.134. The van der Waals surface area contributed by atoms with Crippen LogP contribution in [0.15, 0.2) is 24.3 Å². The van der Waals surface area contributed by atoms with E-state index in [0.29, 0.717) is 12.6 Å². The van der Waals surface area contributed by atoms with E-state index in [9.17, 15) is 4.39 Å². The first-order chi connectivity index (χ1) is 6.70. The van der Waals surface area contributed by atoms with Crippen LogP contribution < -0.4 is 5.32 Å². The van der Waals surface area contributed by atoms with Crippen molar-refractivity contribution in [2.45, 2.75) is 40.3 Å². The zero-order valence-corrected chi connectivity index (χ0v) is 9.47. The number of benzene rings is 1. The zero-order chi connectivity index (χ0) is 11.0. The Morgan fingerprint density at radius 3 is 2.29 bits per heavy atom. The minimum Gasteiger partial charge on any atom is -0.310 e. The third-order valence-corrected chi connectivity index (χ3v) is 1.66. The molecule has 14 heavy (non-hydrogen) atoms. The Labute approximate surface area is 86.3 Å². The minimum atomic E-state index is -0.134. The van der Waals surface area contributed by atoms with E-state index < -0.39 is 0 Å². The van der Waals surface area contributed by atoms with Crippen LogP contribution in [-0.2, 0) is 6.54 Å². The standard InChI is InChI=1S/C10H14FN.C2H6/c1-8(2)12-7-9-5-3-4-6-10(9)11;1-2/h3-6,8,12H,7H2,1-2H3;1-2H3. The maximum atomic E-state index is 13.0. The number of rotatable bonds is 3. The van der Waals surface area contributed by atoms with Gasteiger partial charge in [0.25, 0.3) is 0 Å². The SMILES string of the molecule is CC.CC(C)NCc1ccccc1F. The molecule has 0 aromatic heterocycles. The molecule has 0 aliphatic heterocycles. The highest BCUT2D eigenvalue weighted by molar-refractivity contribution is 5.16. The zero-order valence-electron chi connectivity index (χ0n) is 9.47. The molecular weight excluding hydrogens is 177 g/mol. The van der Waals surface area contributed by atoms with Gasteiger partial charge in [0.15, 0.2) is 0 Å². The Kier molecular flexibility index (Phi) is 7.03. The molecular formula is C12H20FN. The van der Waals surface area contributed by atoms with E-state index in [0.717, 1.165) is 5.56 Å². The lowest BCUT2D eigenvalue weighted by molar-refractivity contribution is 0.553. The van der Waals surface area contributed by atoms with Gasteiger partial charge < -0.3 is 5.32 Å². The van der Waals surface area contributed by atoms with Gasteiger partial charge in [-0.3, -0.25) is 0 Å². The molecule has 1 rings (SSSR count). The molecule has 0 spiro atoms.